The molecule has 0 saturated heterocycles. The molecule has 1 aliphatic carbocycles. The summed E-state index contributed by atoms with van der Waals surface area (Å²) in [5.41, 5.74) is 6.67. The van der Waals surface area contributed by atoms with Crippen LogP contribution in [-0.2, 0) is 0 Å². The number of benzene rings is 1. The third-order valence-electron chi connectivity index (χ3n) is 4.60. The first-order valence-corrected chi connectivity index (χ1v) is 8.23. The predicted octanol–water partition coefficient (Wildman–Crippen LogP) is 4.34. The topological polar surface area (TPSA) is 43.1 Å². The molecule has 0 radical (unpaired) electrons. The summed E-state index contributed by atoms with van der Waals surface area (Å²) in [4.78, 5) is 8.88. The van der Waals surface area contributed by atoms with Crippen molar-refractivity contribution in [1.29, 1.82) is 0 Å². The summed E-state index contributed by atoms with van der Waals surface area (Å²) in [5, 5.41) is 4.24. The van der Waals surface area contributed by atoms with Crippen LogP contribution < -0.4 is 0 Å². The standard InChI is InChI=1S/C20H16N4/c1-3-15(14-6-7-14)11-16(4-1)20-18(5-2-10-21-20)17-8-9-19-22-13-23-24(19)12-17/h1-5,8-14H,6-7H2. The zero-order chi connectivity index (χ0) is 15.9. The average molecular weight is 312 g/mol. The maximum absolute atomic E-state index is 4.67. The first-order chi connectivity index (χ1) is 11.9. The molecular formula is C20H16N4. The second-order valence-corrected chi connectivity index (χ2v) is 6.28. The molecule has 0 atom stereocenters. The van der Waals surface area contributed by atoms with Gasteiger partial charge < -0.3 is 0 Å². The molecule has 1 aliphatic rings. The van der Waals surface area contributed by atoms with Crippen molar-refractivity contribution in [3.8, 4) is 22.4 Å². The van der Waals surface area contributed by atoms with Crippen molar-refractivity contribution in [2.75, 3.05) is 0 Å². The lowest BCUT2D eigenvalue weighted by Gasteiger charge is -2.10. The van der Waals surface area contributed by atoms with Crippen LogP contribution in [0.1, 0.15) is 24.3 Å². The molecule has 5 rings (SSSR count). The van der Waals surface area contributed by atoms with Gasteiger partial charge in [-0.1, -0.05) is 24.3 Å². The van der Waals surface area contributed by atoms with Crippen molar-refractivity contribution < 1.29 is 0 Å². The number of pyridine rings is 2. The van der Waals surface area contributed by atoms with Crippen LogP contribution in [0, 0.1) is 0 Å². The number of nitrogens with zero attached hydrogens (tertiary/aromatic N) is 4. The van der Waals surface area contributed by atoms with Crippen molar-refractivity contribution in [1.82, 2.24) is 19.6 Å². The smallest absolute Gasteiger partial charge is 0.155 e. The number of hydrogen-bond acceptors (Lipinski definition) is 3. The van der Waals surface area contributed by atoms with Crippen molar-refractivity contribution in [2.45, 2.75) is 18.8 Å². The summed E-state index contributed by atoms with van der Waals surface area (Å²) < 4.78 is 1.80. The van der Waals surface area contributed by atoms with Gasteiger partial charge in [0.2, 0.25) is 0 Å². The van der Waals surface area contributed by atoms with Gasteiger partial charge in [0.25, 0.3) is 0 Å². The minimum absolute atomic E-state index is 0.739. The van der Waals surface area contributed by atoms with Gasteiger partial charge >= 0.3 is 0 Å². The molecule has 1 fully saturated rings. The maximum atomic E-state index is 4.67. The summed E-state index contributed by atoms with van der Waals surface area (Å²) in [5.74, 6) is 0.739. The van der Waals surface area contributed by atoms with E-state index in [1.807, 2.05) is 24.5 Å². The Morgan fingerprint density at radius 2 is 1.88 bits per heavy atom. The summed E-state index contributed by atoms with van der Waals surface area (Å²) in [6, 6.07) is 17.0. The minimum Gasteiger partial charge on any atom is -0.256 e. The van der Waals surface area contributed by atoms with Crippen molar-refractivity contribution in [3.05, 3.63) is 72.8 Å². The molecule has 4 nitrogen and oxygen atoms in total. The van der Waals surface area contributed by atoms with E-state index in [-0.39, 0.29) is 0 Å². The highest BCUT2D eigenvalue weighted by atomic mass is 15.3. The highest BCUT2D eigenvalue weighted by Crippen LogP contribution is 2.41. The van der Waals surface area contributed by atoms with Crippen LogP contribution in [0.4, 0.5) is 0 Å². The van der Waals surface area contributed by atoms with E-state index in [1.165, 1.54) is 24.0 Å². The lowest BCUT2D eigenvalue weighted by molar-refractivity contribution is 0.962. The molecule has 3 heterocycles. The van der Waals surface area contributed by atoms with Gasteiger partial charge in [-0.25, -0.2) is 9.50 Å². The van der Waals surface area contributed by atoms with Crippen LogP contribution in [0.25, 0.3) is 28.0 Å². The van der Waals surface area contributed by atoms with E-state index in [9.17, 15) is 0 Å². The summed E-state index contributed by atoms with van der Waals surface area (Å²) in [6.07, 6.45) is 8.05. The van der Waals surface area contributed by atoms with Gasteiger partial charge in [0.05, 0.1) is 5.69 Å². The van der Waals surface area contributed by atoms with E-state index in [1.54, 1.807) is 10.8 Å². The van der Waals surface area contributed by atoms with E-state index < -0.39 is 0 Å². The van der Waals surface area contributed by atoms with Gasteiger partial charge in [-0.3, -0.25) is 4.98 Å². The Kier molecular flexibility index (Phi) is 2.95. The Hall–Kier alpha value is -3.01. The molecule has 0 amide bonds. The third-order valence-corrected chi connectivity index (χ3v) is 4.60. The normalized spacial score (nSPS) is 14.2. The molecule has 1 saturated carbocycles. The molecule has 24 heavy (non-hydrogen) atoms. The quantitative estimate of drug-likeness (QED) is 0.565. The largest absolute Gasteiger partial charge is 0.256 e. The summed E-state index contributed by atoms with van der Waals surface area (Å²) in [6.45, 7) is 0. The highest BCUT2D eigenvalue weighted by Gasteiger charge is 2.23. The lowest BCUT2D eigenvalue weighted by atomic mass is 9.98. The van der Waals surface area contributed by atoms with Crippen LogP contribution in [0.3, 0.4) is 0 Å². The molecule has 0 bridgehead atoms. The minimum atomic E-state index is 0.739. The molecular weight excluding hydrogens is 296 g/mol. The van der Waals surface area contributed by atoms with Crippen LogP contribution in [0.15, 0.2) is 67.3 Å². The summed E-state index contributed by atoms with van der Waals surface area (Å²) >= 11 is 0. The first kappa shape index (κ1) is 13.4. The zero-order valence-electron chi connectivity index (χ0n) is 13.1. The molecule has 0 unspecified atom stereocenters. The Labute approximate surface area is 139 Å². The van der Waals surface area contributed by atoms with E-state index in [0.717, 1.165) is 28.4 Å². The Balaban J connectivity index is 1.66. The lowest BCUT2D eigenvalue weighted by Crippen LogP contribution is -1.93. The Bertz CT molecular complexity index is 1030. The monoisotopic (exact) mass is 312 g/mol. The van der Waals surface area contributed by atoms with Gasteiger partial charge in [0, 0.05) is 29.1 Å². The first-order valence-electron chi connectivity index (χ1n) is 8.23. The van der Waals surface area contributed by atoms with Crippen molar-refractivity contribution >= 4 is 5.65 Å². The fourth-order valence-corrected chi connectivity index (χ4v) is 3.20. The fraction of sp³-hybridized carbons (Fsp3) is 0.150. The molecule has 116 valence electrons. The van der Waals surface area contributed by atoms with Gasteiger partial charge in [-0.05, 0) is 48.6 Å². The second kappa shape index (κ2) is 5.27. The van der Waals surface area contributed by atoms with Gasteiger partial charge in [-0.2, -0.15) is 5.10 Å². The summed E-state index contributed by atoms with van der Waals surface area (Å²) in [7, 11) is 0. The number of hydrogen-bond donors (Lipinski definition) is 0. The van der Waals surface area contributed by atoms with Crippen molar-refractivity contribution in [2.24, 2.45) is 0 Å². The Morgan fingerprint density at radius 1 is 0.917 bits per heavy atom. The van der Waals surface area contributed by atoms with E-state index in [0.29, 0.717) is 0 Å². The van der Waals surface area contributed by atoms with Crippen LogP contribution in [-0.4, -0.2) is 19.6 Å². The average Bonchev–Trinajstić information content (AvgIpc) is 3.39. The molecule has 4 heteroatoms. The van der Waals surface area contributed by atoms with E-state index >= 15 is 0 Å². The Morgan fingerprint density at radius 3 is 2.79 bits per heavy atom. The van der Waals surface area contributed by atoms with Crippen LogP contribution in [0.2, 0.25) is 0 Å². The number of fused-ring (bicyclic) bond motifs is 1. The fourth-order valence-electron chi connectivity index (χ4n) is 3.20. The van der Waals surface area contributed by atoms with Gasteiger partial charge in [-0.15, -0.1) is 0 Å². The molecule has 0 aliphatic heterocycles. The van der Waals surface area contributed by atoms with E-state index in [4.69, 9.17) is 0 Å². The van der Waals surface area contributed by atoms with Gasteiger partial charge in [0.1, 0.15) is 6.33 Å². The van der Waals surface area contributed by atoms with Gasteiger partial charge in [0.15, 0.2) is 5.65 Å². The molecule has 3 aromatic heterocycles. The van der Waals surface area contributed by atoms with Crippen LogP contribution >= 0.6 is 0 Å². The SMILES string of the molecule is c1cc(-c2ncccc2-c2ccc3ncnn3c2)cc(C2CC2)c1. The number of rotatable bonds is 3. The van der Waals surface area contributed by atoms with Crippen LogP contribution in [0.5, 0.6) is 0 Å². The second-order valence-electron chi connectivity index (χ2n) is 6.28. The molecule has 4 aromatic rings. The van der Waals surface area contributed by atoms with Crippen molar-refractivity contribution in [3.63, 3.8) is 0 Å². The molecule has 1 aromatic carbocycles. The third kappa shape index (κ3) is 2.27. The zero-order valence-corrected chi connectivity index (χ0v) is 13.1. The predicted molar refractivity (Wildman–Crippen MR) is 93.6 cm³/mol. The number of aromatic nitrogens is 4. The molecule has 0 spiro atoms. The van der Waals surface area contributed by atoms with E-state index in [2.05, 4.69) is 51.5 Å². The highest BCUT2D eigenvalue weighted by molar-refractivity contribution is 5.81. The maximum Gasteiger partial charge on any atom is 0.155 e. The molecule has 0 N–H and O–H groups in total.